The van der Waals surface area contributed by atoms with Gasteiger partial charge < -0.3 is 10.2 Å². The van der Waals surface area contributed by atoms with E-state index in [1.54, 1.807) is 35.6 Å². The molecule has 2 heterocycles. The van der Waals surface area contributed by atoms with E-state index in [0.717, 1.165) is 18.7 Å². The Morgan fingerprint density at radius 1 is 1.26 bits per heavy atom. The van der Waals surface area contributed by atoms with E-state index in [9.17, 15) is 9.59 Å². The fourth-order valence-electron chi connectivity index (χ4n) is 3.16. The topological polar surface area (TPSA) is 50.6 Å². The minimum atomic E-state index is 0.0269. The molecule has 120 valence electrons. The Labute approximate surface area is 140 Å². The van der Waals surface area contributed by atoms with Gasteiger partial charge in [-0.1, -0.05) is 6.07 Å². The number of benzene rings is 1. The lowest BCUT2D eigenvalue weighted by molar-refractivity contribution is -0.910. The Kier molecular flexibility index (Phi) is 4.88. The number of carbonyl (C=O) groups excluding carboxylic acids is 2. The minimum Gasteiger partial charge on any atom is -0.321 e. The van der Waals surface area contributed by atoms with Crippen molar-refractivity contribution in [2.24, 2.45) is 0 Å². The number of thiophene rings is 1. The Bertz CT molecular complexity index is 680. The van der Waals surface area contributed by atoms with Gasteiger partial charge in [-0.2, -0.15) is 0 Å². The molecule has 0 bridgehead atoms. The van der Waals surface area contributed by atoms with Crippen LogP contribution in [0.1, 0.15) is 41.0 Å². The lowest BCUT2D eigenvalue weighted by Gasteiger charge is -2.20. The van der Waals surface area contributed by atoms with Gasteiger partial charge in [0.05, 0.1) is 11.4 Å². The first kappa shape index (κ1) is 15.9. The summed E-state index contributed by atoms with van der Waals surface area (Å²) in [6, 6.07) is 11.7. The first-order valence-corrected chi connectivity index (χ1v) is 8.80. The molecule has 5 heteroatoms. The fourth-order valence-corrected chi connectivity index (χ4v) is 4.08. The number of nitrogens with one attached hydrogen (secondary N) is 2. The Morgan fingerprint density at radius 2 is 2.04 bits per heavy atom. The molecule has 0 spiro atoms. The molecule has 1 aliphatic heterocycles. The van der Waals surface area contributed by atoms with E-state index in [4.69, 9.17) is 0 Å². The average molecular weight is 329 g/mol. The summed E-state index contributed by atoms with van der Waals surface area (Å²) in [5, 5.41) is 5.03. The molecule has 1 aromatic carbocycles. The summed E-state index contributed by atoms with van der Waals surface area (Å²) >= 11 is 1.77. The molecule has 2 N–H and O–H groups in total. The molecule has 1 fully saturated rings. The van der Waals surface area contributed by atoms with Gasteiger partial charge in [0.1, 0.15) is 6.04 Å². The van der Waals surface area contributed by atoms with Crippen LogP contribution < -0.4 is 10.2 Å². The number of hydrogen-bond acceptors (Lipinski definition) is 3. The zero-order chi connectivity index (χ0) is 16.2. The SMILES string of the molecule is CC(=O)c1ccc(NC(=O)C[NH+]2CCC[C@H]2c2cccs2)cc1. The van der Waals surface area contributed by atoms with Crippen LogP contribution in [0.25, 0.3) is 0 Å². The molecule has 3 rings (SSSR count). The lowest BCUT2D eigenvalue weighted by atomic mass is 10.1. The van der Waals surface area contributed by atoms with Crippen molar-refractivity contribution in [2.45, 2.75) is 25.8 Å². The van der Waals surface area contributed by atoms with Gasteiger partial charge in [-0.05, 0) is 42.6 Å². The normalized spacial score (nSPS) is 20.4. The zero-order valence-corrected chi connectivity index (χ0v) is 14.0. The third-order valence-corrected chi connectivity index (χ3v) is 5.32. The molecule has 2 aromatic rings. The molecule has 1 aromatic heterocycles. The van der Waals surface area contributed by atoms with E-state index in [1.807, 2.05) is 0 Å². The molecule has 2 atom stereocenters. The zero-order valence-electron chi connectivity index (χ0n) is 13.2. The number of carbonyl (C=O) groups is 2. The third-order valence-electron chi connectivity index (χ3n) is 4.33. The van der Waals surface area contributed by atoms with Crippen molar-refractivity contribution in [3.63, 3.8) is 0 Å². The molecular weight excluding hydrogens is 308 g/mol. The van der Waals surface area contributed by atoms with Gasteiger partial charge in [0.2, 0.25) is 0 Å². The van der Waals surface area contributed by atoms with Gasteiger partial charge in [-0.3, -0.25) is 9.59 Å². The number of rotatable bonds is 5. The van der Waals surface area contributed by atoms with E-state index in [2.05, 4.69) is 22.8 Å². The summed E-state index contributed by atoms with van der Waals surface area (Å²) in [5.74, 6) is 0.0576. The van der Waals surface area contributed by atoms with Crippen LogP contribution in [0.2, 0.25) is 0 Å². The van der Waals surface area contributed by atoms with Crippen LogP contribution in [0.3, 0.4) is 0 Å². The molecule has 0 saturated carbocycles. The maximum atomic E-state index is 12.3. The summed E-state index contributed by atoms with van der Waals surface area (Å²) in [7, 11) is 0. The number of likely N-dealkylation sites (tertiary alicyclic amines) is 1. The van der Waals surface area contributed by atoms with Crippen molar-refractivity contribution in [3.05, 3.63) is 52.2 Å². The second-order valence-corrected chi connectivity index (χ2v) is 6.96. The van der Waals surface area contributed by atoms with Crippen LogP contribution in [-0.2, 0) is 4.79 Å². The summed E-state index contributed by atoms with van der Waals surface area (Å²) in [6.07, 6.45) is 2.31. The molecule has 4 nitrogen and oxygen atoms in total. The molecule has 0 radical (unpaired) electrons. The molecule has 1 unspecified atom stereocenters. The quantitative estimate of drug-likeness (QED) is 0.827. The van der Waals surface area contributed by atoms with Gasteiger partial charge in [-0.25, -0.2) is 0 Å². The highest BCUT2D eigenvalue weighted by Gasteiger charge is 2.32. The standard InChI is InChI=1S/C18H20N2O2S/c1-13(21)14-6-8-15(9-7-14)19-18(22)12-20-10-2-4-16(20)17-5-3-11-23-17/h3,5-9,11,16H,2,4,10,12H2,1H3,(H,19,22)/p+1/t16-/m0/s1. The summed E-state index contributed by atoms with van der Waals surface area (Å²) < 4.78 is 0. The number of anilines is 1. The van der Waals surface area contributed by atoms with Crippen LogP contribution in [0.4, 0.5) is 5.69 Å². The van der Waals surface area contributed by atoms with Gasteiger partial charge in [0, 0.05) is 24.1 Å². The fraction of sp³-hybridized carbons (Fsp3) is 0.333. The van der Waals surface area contributed by atoms with E-state index in [-0.39, 0.29) is 11.7 Å². The summed E-state index contributed by atoms with van der Waals surface area (Å²) in [5.41, 5.74) is 1.40. The van der Waals surface area contributed by atoms with Crippen molar-refractivity contribution < 1.29 is 14.5 Å². The highest BCUT2D eigenvalue weighted by molar-refractivity contribution is 7.10. The highest BCUT2D eigenvalue weighted by Crippen LogP contribution is 2.23. The molecule has 0 aliphatic carbocycles. The van der Waals surface area contributed by atoms with E-state index in [0.29, 0.717) is 18.2 Å². The molecule has 1 amide bonds. The smallest absolute Gasteiger partial charge is 0.279 e. The Hall–Kier alpha value is -1.98. The van der Waals surface area contributed by atoms with Gasteiger partial charge >= 0.3 is 0 Å². The number of quaternary nitrogens is 1. The largest absolute Gasteiger partial charge is 0.321 e. The predicted molar refractivity (Wildman–Crippen MR) is 92.1 cm³/mol. The van der Waals surface area contributed by atoms with Crippen LogP contribution in [0, 0.1) is 0 Å². The van der Waals surface area contributed by atoms with Crippen LogP contribution in [0.5, 0.6) is 0 Å². The first-order chi connectivity index (χ1) is 11.1. The van der Waals surface area contributed by atoms with Crippen LogP contribution in [0.15, 0.2) is 41.8 Å². The summed E-state index contributed by atoms with van der Waals surface area (Å²) in [4.78, 5) is 26.3. The van der Waals surface area contributed by atoms with Crippen molar-refractivity contribution >= 4 is 28.7 Å². The predicted octanol–water partition coefficient (Wildman–Crippen LogP) is 2.31. The molecule has 1 saturated heterocycles. The maximum Gasteiger partial charge on any atom is 0.279 e. The Morgan fingerprint density at radius 3 is 2.70 bits per heavy atom. The van der Waals surface area contributed by atoms with Crippen molar-refractivity contribution in [1.82, 2.24) is 0 Å². The van der Waals surface area contributed by atoms with Gasteiger partial charge in [0.15, 0.2) is 12.3 Å². The van der Waals surface area contributed by atoms with Gasteiger partial charge in [0.25, 0.3) is 5.91 Å². The number of hydrogen-bond donors (Lipinski definition) is 2. The number of ketones is 1. The second-order valence-electron chi connectivity index (χ2n) is 5.98. The summed E-state index contributed by atoms with van der Waals surface area (Å²) in [6.45, 7) is 3.06. The van der Waals surface area contributed by atoms with Crippen LogP contribution >= 0.6 is 11.3 Å². The van der Waals surface area contributed by atoms with Crippen molar-refractivity contribution in [3.8, 4) is 0 Å². The number of Topliss-reactive ketones (excluding diaryl/α,β-unsaturated/α-hetero) is 1. The molecule has 23 heavy (non-hydrogen) atoms. The highest BCUT2D eigenvalue weighted by atomic mass is 32.1. The molecular formula is C18H21N2O2S+. The van der Waals surface area contributed by atoms with Crippen LogP contribution in [-0.4, -0.2) is 24.8 Å². The van der Waals surface area contributed by atoms with Crippen molar-refractivity contribution in [1.29, 1.82) is 0 Å². The van der Waals surface area contributed by atoms with E-state index in [1.165, 1.54) is 23.1 Å². The van der Waals surface area contributed by atoms with Gasteiger partial charge in [-0.15, -0.1) is 11.3 Å². The second kappa shape index (κ2) is 7.06. The molecule has 1 aliphatic rings. The third kappa shape index (κ3) is 3.86. The monoisotopic (exact) mass is 329 g/mol. The lowest BCUT2D eigenvalue weighted by Crippen LogP contribution is -3.11. The van der Waals surface area contributed by atoms with Crippen molar-refractivity contribution in [2.75, 3.05) is 18.4 Å². The Balaban J connectivity index is 1.59. The average Bonchev–Trinajstić information content (AvgIpc) is 3.18. The first-order valence-electron chi connectivity index (χ1n) is 7.92. The number of amides is 1. The minimum absolute atomic E-state index is 0.0269. The van der Waals surface area contributed by atoms with E-state index < -0.39 is 0 Å². The van der Waals surface area contributed by atoms with E-state index >= 15 is 0 Å². The maximum absolute atomic E-state index is 12.3.